The van der Waals surface area contributed by atoms with E-state index in [1.807, 2.05) is 30.3 Å². The highest BCUT2D eigenvalue weighted by atomic mass is 16.2. The number of carbonyl (C=O) groups is 1. The highest BCUT2D eigenvalue weighted by Crippen LogP contribution is 2.22. The average molecular weight is 282 g/mol. The number of nitrogens with zero attached hydrogens (tertiary/aromatic N) is 2. The zero-order valence-electron chi connectivity index (χ0n) is 11.7. The van der Waals surface area contributed by atoms with Gasteiger partial charge in [0.25, 0.3) is 0 Å². The zero-order chi connectivity index (χ0) is 14.5. The van der Waals surface area contributed by atoms with Crippen molar-refractivity contribution in [3.05, 3.63) is 48.7 Å². The third-order valence-corrected chi connectivity index (χ3v) is 3.50. The molecule has 0 atom stereocenters. The first kappa shape index (κ1) is 13.4. The fourth-order valence-electron chi connectivity index (χ4n) is 2.45. The monoisotopic (exact) mass is 282 g/mol. The summed E-state index contributed by atoms with van der Waals surface area (Å²) in [6.45, 7) is 2.24. The Labute approximate surface area is 124 Å². The van der Waals surface area contributed by atoms with Crippen LogP contribution in [-0.4, -0.2) is 24.1 Å². The summed E-state index contributed by atoms with van der Waals surface area (Å²) in [4.78, 5) is 18.3. The van der Waals surface area contributed by atoms with E-state index in [1.54, 1.807) is 18.3 Å². The number of amides is 2. The van der Waals surface area contributed by atoms with Gasteiger partial charge >= 0.3 is 6.03 Å². The van der Waals surface area contributed by atoms with Crippen molar-refractivity contribution in [2.24, 2.45) is 0 Å². The molecule has 2 aromatic rings. The number of benzene rings is 1. The van der Waals surface area contributed by atoms with Gasteiger partial charge in [-0.2, -0.15) is 0 Å². The Morgan fingerprint density at radius 3 is 2.43 bits per heavy atom. The van der Waals surface area contributed by atoms with Gasteiger partial charge in [-0.15, -0.1) is 0 Å². The second kappa shape index (κ2) is 6.26. The summed E-state index contributed by atoms with van der Waals surface area (Å²) >= 11 is 0. The zero-order valence-corrected chi connectivity index (χ0v) is 11.7. The van der Waals surface area contributed by atoms with Crippen molar-refractivity contribution < 1.29 is 4.79 Å². The molecule has 0 unspecified atom stereocenters. The number of hydrogen-bond donors (Lipinski definition) is 2. The van der Waals surface area contributed by atoms with E-state index in [1.165, 1.54) is 18.5 Å². The molecule has 0 saturated carbocycles. The van der Waals surface area contributed by atoms with Gasteiger partial charge in [0.1, 0.15) is 5.82 Å². The summed E-state index contributed by atoms with van der Waals surface area (Å²) in [6.07, 6.45) is 4.15. The van der Waals surface area contributed by atoms with Crippen molar-refractivity contribution in [2.45, 2.75) is 12.8 Å². The number of carbonyl (C=O) groups excluding carboxylic acids is 1. The number of hydrogen-bond acceptors (Lipinski definition) is 3. The summed E-state index contributed by atoms with van der Waals surface area (Å²) in [5, 5.41) is 5.49. The number of rotatable bonds is 3. The second-order valence-corrected chi connectivity index (χ2v) is 5.04. The summed E-state index contributed by atoms with van der Waals surface area (Å²) in [6, 6.07) is 13.0. The van der Waals surface area contributed by atoms with Gasteiger partial charge in [-0.1, -0.05) is 6.07 Å². The molecule has 5 heteroatoms. The SMILES string of the molecule is O=C(Nc1ccc(N2CCCC2)cc1)Nc1ccccn1. The van der Waals surface area contributed by atoms with E-state index in [-0.39, 0.29) is 6.03 Å². The summed E-state index contributed by atoms with van der Waals surface area (Å²) in [5.74, 6) is 0.531. The fraction of sp³-hybridized carbons (Fsp3) is 0.250. The average Bonchev–Trinajstić information content (AvgIpc) is 3.03. The van der Waals surface area contributed by atoms with Crippen LogP contribution < -0.4 is 15.5 Å². The standard InChI is InChI=1S/C16H18N4O/c21-16(19-15-5-1-2-10-17-15)18-13-6-8-14(9-7-13)20-11-3-4-12-20/h1-2,5-10H,3-4,11-12H2,(H2,17,18,19,21). The van der Waals surface area contributed by atoms with Crippen LogP contribution in [0.4, 0.5) is 22.0 Å². The lowest BCUT2D eigenvalue weighted by Crippen LogP contribution is -2.20. The van der Waals surface area contributed by atoms with Gasteiger partial charge in [0.05, 0.1) is 0 Å². The van der Waals surface area contributed by atoms with Crippen LogP contribution in [0.5, 0.6) is 0 Å². The third-order valence-electron chi connectivity index (χ3n) is 3.50. The first-order chi connectivity index (χ1) is 10.3. The molecule has 1 fully saturated rings. The molecule has 1 saturated heterocycles. The number of pyridine rings is 1. The topological polar surface area (TPSA) is 57.3 Å². The maximum Gasteiger partial charge on any atom is 0.324 e. The molecule has 0 aliphatic carbocycles. The first-order valence-electron chi connectivity index (χ1n) is 7.15. The molecule has 3 rings (SSSR count). The second-order valence-electron chi connectivity index (χ2n) is 5.04. The van der Waals surface area contributed by atoms with Gasteiger partial charge in [-0.25, -0.2) is 9.78 Å². The predicted octanol–water partition coefficient (Wildman–Crippen LogP) is 3.33. The molecule has 2 amide bonds. The fourth-order valence-corrected chi connectivity index (χ4v) is 2.45. The van der Waals surface area contributed by atoms with Crippen LogP contribution in [0.2, 0.25) is 0 Å². The van der Waals surface area contributed by atoms with Gasteiger partial charge in [-0.3, -0.25) is 5.32 Å². The van der Waals surface area contributed by atoms with Crippen LogP contribution >= 0.6 is 0 Å². The molecular weight excluding hydrogens is 264 g/mol. The van der Waals surface area contributed by atoms with Gasteiger partial charge in [0.2, 0.25) is 0 Å². The van der Waals surface area contributed by atoms with Crippen molar-refractivity contribution in [1.29, 1.82) is 0 Å². The summed E-state index contributed by atoms with van der Waals surface area (Å²) in [5.41, 5.74) is 1.98. The van der Waals surface area contributed by atoms with Crippen LogP contribution in [0.1, 0.15) is 12.8 Å². The molecular formula is C16H18N4O. The Kier molecular flexibility index (Phi) is 4.00. The van der Waals surface area contributed by atoms with E-state index >= 15 is 0 Å². The van der Waals surface area contributed by atoms with Crippen molar-refractivity contribution in [2.75, 3.05) is 28.6 Å². The van der Waals surface area contributed by atoms with Crippen molar-refractivity contribution >= 4 is 23.2 Å². The largest absolute Gasteiger partial charge is 0.372 e. The van der Waals surface area contributed by atoms with Crippen LogP contribution in [0.15, 0.2) is 48.7 Å². The maximum absolute atomic E-state index is 11.9. The van der Waals surface area contributed by atoms with Crippen molar-refractivity contribution in [3.8, 4) is 0 Å². The molecule has 0 bridgehead atoms. The van der Waals surface area contributed by atoms with Crippen LogP contribution in [-0.2, 0) is 0 Å². The number of aromatic nitrogens is 1. The van der Waals surface area contributed by atoms with E-state index in [2.05, 4.69) is 20.5 Å². The van der Waals surface area contributed by atoms with Crippen LogP contribution in [0.25, 0.3) is 0 Å². The first-order valence-corrected chi connectivity index (χ1v) is 7.15. The third kappa shape index (κ3) is 3.51. The number of nitrogens with one attached hydrogen (secondary N) is 2. The molecule has 5 nitrogen and oxygen atoms in total. The quantitative estimate of drug-likeness (QED) is 0.908. The van der Waals surface area contributed by atoms with Crippen LogP contribution in [0, 0.1) is 0 Å². The molecule has 0 spiro atoms. The minimum Gasteiger partial charge on any atom is -0.372 e. The Bertz CT molecular complexity index is 591. The molecule has 1 aromatic heterocycles. The molecule has 2 heterocycles. The van der Waals surface area contributed by atoms with Crippen LogP contribution in [0.3, 0.4) is 0 Å². The van der Waals surface area contributed by atoms with Gasteiger partial charge < -0.3 is 10.2 Å². The number of urea groups is 1. The lowest BCUT2D eigenvalue weighted by atomic mass is 10.2. The molecule has 1 aliphatic rings. The Morgan fingerprint density at radius 1 is 1.00 bits per heavy atom. The molecule has 108 valence electrons. The van der Waals surface area contributed by atoms with Gasteiger partial charge in [0.15, 0.2) is 0 Å². The van der Waals surface area contributed by atoms with Crippen molar-refractivity contribution in [3.63, 3.8) is 0 Å². The van der Waals surface area contributed by atoms with E-state index < -0.39 is 0 Å². The minimum atomic E-state index is -0.289. The lowest BCUT2D eigenvalue weighted by Gasteiger charge is -2.17. The molecule has 2 N–H and O–H groups in total. The van der Waals surface area contributed by atoms with Gasteiger partial charge in [-0.05, 0) is 49.2 Å². The Balaban J connectivity index is 1.58. The summed E-state index contributed by atoms with van der Waals surface area (Å²) in [7, 11) is 0. The lowest BCUT2D eigenvalue weighted by molar-refractivity contribution is 0.262. The maximum atomic E-state index is 11.9. The summed E-state index contributed by atoms with van der Waals surface area (Å²) < 4.78 is 0. The highest BCUT2D eigenvalue weighted by molar-refractivity contribution is 5.99. The molecule has 21 heavy (non-hydrogen) atoms. The Morgan fingerprint density at radius 2 is 1.76 bits per heavy atom. The van der Waals surface area contributed by atoms with Crippen molar-refractivity contribution in [1.82, 2.24) is 4.98 Å². The van der Waals surface area contributed by atoms with E-state index in [4.69, 9.17) is 0 Å². The van der Waals surface area contributed by atoms with E-state index in [9.17, 15) is 4.79 Å². The van der Waals surface area contributed by atoms with E-state index in [0.717, 1.165) is 18.8 Å². The Hall–Kier alpha value is -2.56. The molecule has 1 aliphatic heterocycles. The minimum absolute atomic E-state index is 0.289. The molecule has 0 radical (unpaired) electrons. The normalized spacial score (nSPS) is 14.0. The van der Waals surface area contributed by atoms with Gasteiger partial charge in [0, 0.05) is 30.7 Å². The van der Waals surface area contributed by atoms with E-state index in [0.29, 0.717) is 5.82 Å². The predicted molar refractivity (Wildman–Crippen MR) is 84.8 cm³/mol. The number of anilines is 3. The molecule has 1 aromatic carbocycles. The highest BCUT2D eigenvalue weighted by Gasteiger charge is 2.12. The smallest absolute Gasteiger partial charge is 0.324 e.